The summed E-state index contributed by atoms with van der Waals surface area (Å²) in [5.74, 6) is 2.66. The second-order valence-electron chi connectivity index (χ2n) is 5.30. The second-order valence-corrected chi connectivity index (χ2v) is 7.00. The Morgan fingerprint density at radius 1 is 1.25 bits per heavy atom. The van der Waals surface area contributed by atoms with Crippen LogP contribution in [0.15, 0.2) is 5.16 Å². The molecule has 0 aliphatic heterocycles. The molecule has 2 heterocycles. The molecule has 0 saturated heterocycles. The van der Waals surface area contributed by atoms with E-state index in [1.807, 2.05) is 7.05 Å². The van der Waals surface area contributed by atoms with Gasteiger partial charge in [0, 0.05) is 36.3 Å². The molecule has 2 aliphatic carbocycles. The number of hydrogen-bond acceptors (Lipinski definition) is 7. The van der Waals surface area contributed by atoms with Gasteiger partial charge in [-0.3, -0.25) is 0 Å². The molecule has 106 valence electrons. The summed E-state index contributed by atoms with van der Waals surface area (Å²) in [6.45, 7) is 0. The van der Waals surface area contributed by atoms with E-state index in [2.05, 4.69) is 29.7 Å². The van der Waals surface area contributed by atoms with Crippen LogP contribution in [-0.4, -0.2) is 31.4 Å². The Morgan fingerprint density at radius 2 is 2.10 bits per heavy atom. The van der Waals surface area contributed by atoms with E-state index >= 15 is 0 Å². The molecule has 0 atom stereocenters. The van der Waals surface area contributed by atoms with Crippen molar-refractivity contribution in [3.8, 4) is 0 Å². The first kappa shape index (κ1) is 12.6. The van der Waals surface area contributed by atoms with E-state index in [0.717, 1.165) is 21.6 Å². The molecule has 0 amide bonds. The highest BCUT2D eigenvalue weighted by molar-refractivity contribution is 7.98. The van der Waals surface area contributed by atoms with Crippen molar-refractivity contribution in [2.75, 3.05) is 12.4 Å². The maximum Gasteiger partial charge on any atom is 0.191 e. The first-order chi connectivity index (χ1) is 9.86. The Morgan fingerprint density at radius 3 is 2.80 bits per heavy atom. The third-order valence-electron chi connectivity index (χ3n) is 3.67. The third kappa shape index (κ3) is 2.31. The molecule has 20 heavy (non-hydrogen) atoms. The highest BCUT2D eigenvalue weighted by atomic mass is 32.2. The molecule has 1 N–H and O–H groups in total. The molecule has 2 saturated carbocycles. The van der Waals surface area contributed by atoms with Crippen LogP contribution in [0.25, 0.3) is 0 Å². The maximum absolute atomic E-state index is 4.42. The first-order valence-corrected chi connectivity index (χ1v) is 8.69. The van der Waals surface area contributed by atoms with Gasteiger partial charge in [0.1, 0.15) is 16.5 Å². The molecule has 0 spiro atoms. The minimum atomic E-state index is 0.639. The molecule has 2 aliphatic rings. The number of hydrogen-bond donors (Lipinski definition) is 1. The van der Waals surface area contributed by atoms with Crippen molar-refractivity contribution in [2.45, 2.75) is 48.6 Å². The fourth-order valence-electron chi connectivity index (χ4n) is 2.31. The Labute approximate surface area is 125 Å². The van der Waals surface area contributed by atoms with Gasteiger partial charge in [0.15, 0.2) is 5.16 Å². The van der Waals surface area contributed by atoms with Crippen molar-refractivity contribution in [1.82, 2.24) is 24.4 Å². The molecule has 0 aromatic carbocycles. The van der Waals surface area contributed by atoms with Crippen LogP contribution in [0.4, 0.5) is 5.00 Å². The lowest BCUT2D eigenvalue weighted by molar-refractivity contribution is 0.627. The van der Waals surface area contributed by atoms with Gasteiger partial charge in [-0.2, -0.15) is 0 Å². The van der Waals surface area contributed by atoms with E-state index in [1.165, 1.54) is 43.0 Å². The van der Waals surface area contributed by atoms with Crippen LogP contribution in [-0.2, 0) is 5.75 Å². The van der Waals surface area contributed by atoms with Crippen LogP contribution in [0.2, 0.25) is 0 Å². The summed E-state index contributed by atoms with van der Waals surface area (Å²) in [7, 11) is 1.90. The third-order valence-corrected chi connectivity index (χ3v) is 5.41. The highest BCUT2D eigenvalue weighted by Crippen LogP contribution is 2.46. The van der Waals surface area contributed by atoms with Crippen molar-refractivity contribution in [1.29, 1.82) is 0 Å². The molecule has 2 fully saturated rings. The van der Waals surface area contributed by atoms with Gasteiger partial charge in [-0.05, 0) is 25.7 Å². The van der Waals surface area contributed by atoms with Crippen LogP contribution in [0.1, 0.15) is 49.2 Å². The summed E-state index contributed by atoms with van der Waals surface area (Å²) >= 11 is 3.12. The summed E-state index contributed by atoms with van der Waals surface area (Å²) in [4.78, 5) is 0. The summed E-state index contributed by atoms with van der Waals surface area (Å²) in [5.41, 5.74) is 1.00. The zero-order valence-corrected chi connectivity index (χ0v) is 12.9. The molecular weight excluding hydrogens is 292 g/mol. The Bertz CT molecular complexity index is 613. The summed E-state index contributed by atoms with van der Waals surface area (Å²) in [6.07, 6.45) is 5.08. The van der Waals surface area contributed by atoms with E-state index < -0.39 is 0 Å². The van der Waals surface area contributed by atoms with Crippen molar-refractivity contribution in [3.05, 3.63) is 11.5 Å². The van der Waals surface area contributed by atoms with E-state index in [-0.39, 0.29) is 0 Å². The lowest BCUT2D eigenvalue weighted by atomic mass is 10.4. The molecule has 6 nitrogen and oxygen atoms in total. The van der Waals surface area contributed by atoms with Crippen molar-refractivity contribution in [3.63, 3.8) is 0 Å². The molecular formula is C12H16N6S2. The predicted molar refractivity (Wildman–Crippen MR) is 79.3 cm³/mol. The number of aromatic nitrogens is 5. The Hall–Kier alpha value is -1.15. The van der Waals surface area contributed by atoms with E-state index in [0.29, 0.717) is 12.0 Å². The van der Waals surface area contributed by atoms with Crippen LogP contribution < -0.4 is 5.32 Å². The minimum absolute atomic E-state index is 0.639. The number of nitrogens with zero attached hydrogens (tertiary/aromatic N) is 5. The second kappa shape index (κ2) is 5.00. The fourth-order valence-corrected chi connectivity index (χ4v) is 3.88. The van der Waals surface area contributed by atoms with E-state index in [9.17, 15) is 0 Å². The monoisotopic (exact) mass is 308 g/mol. The molecule has 4 rings (SSSR count). The van der Waals surface area contributed by atoms with Crippen LogP contribution in [0.3, 0.4) is 0 Å². The maximum atomic E-state index is 4.42. The van der Waals surface area contributed by atoms with Crippen molar-refractivity contribution < 1.29 is 0 Å². The smallest absolute Gasteiger partial charge is 0.191 e. The quantitative estimate of drug-likeness (QED) is 0.828. The summed E-state index contributed by atoms with van der Waals surface area (Å²) < 4.78 is 6.37. The lowest BCUT2D eigenvalue weighted by Gasteiger charge is -2.07. The Balaban J connectivity index is 1.53. The normalized spacial score (nSPS) is 18.4. The predicted octanol–water partition coefficient (Wildman–Crippen LogP) is 2.68. The molecule has 2 aromatic heterocycles. The van der Waals surface area contributed by atoms with E-state index in [1.54, 1.807) is 11.8 Å². The lowest BCUT2D eigenvalue weighted by Crippen LogP contribution is -2.02. The van der Waals surface area contributed by atoms with Gasteiger partial charge in [0.2, 0.25) is 0 Å². The van der Waals surface area contributed by atoms with Gasteiger partial charge in [0.25, 0.3) is 0 Å². The number of anilines is 1. The van der Waals surface area contributed by atoms with Gasteiger partial charge in [-0.25, -0.2) is 0 Å². The summed E-state index contributed by atoms with van der Waals surface area (Å²) in [5, 5.41) is 18.2. The molecule has 0 bridgehead atoms. The van der Waals surface area contributed by atoms with Gasteiger partial charge < -0.3 is 9.88 Å². The van der Waals surface area contributed by atoms with Gasteiger partial charge in [0.05, 0.1) is 0 Å². The molecule has 0 radical (unpaired) electrons. The standard InChI is InChI=1S/C12H16N6S2/c1-13-11-9(14-17-20-11)6-19-12-16-15-10(7-2-3-7)18(12)8-4-5-8/h7-8,13H,2-6H2,1H3. The summed E-state index contributed by atoms with van der Waals surface area (Å²) in [6, 6.07) is 0.639. The van der Waals surface area contributed by atoms with Gasteiger partial charge in [-0.1, -0.05) is 16.3 Å². The van der Waals surface area contributed by atoms with Crippen molar-refractivity contribution in [2.24, 2.45) is 0 Å². The number of rotatable bonds is 6. The minimum Gasteiger partial charge on any atom is -0.377 e. The largest absolute Gasteiger partial charge is 0.377 e. The van der Waals surface area contributed by atoms with Crippen LogP contribution in [0.5, 0.6) is 0 Å². The van der Waals surface area contributed by atoms with Gasteiger partial charge in [-0.15, -0.1) is 15.3 Å². The molecule has 8 heteroatoms. The molecule has 0 unspecified atom stereocenters. The van der Waals surface area contributed by atoms with Crippen LogP contribution >= 0.6 is 23.3 Å². The number of thioether (sulfide) groups is 1. The fraction of sp³-hybridized carbons (Fsp3) is 0.667. The van der Waals surface area contributed by atoms with Crippen LogP contribution in [0, 0.1) is 0 Å². The number of nitrogens with one attached hydrogen (secondary N) is 1. The topological polar surface area (TPSA) is 68.5 Å². The SMILES string of the molecule is CNc1snnc1CSc1nnc(C2CC2)n1C1CC1. The van der Waals surface area contributed by atoms with Crippen molar-refractivity contribution >= 4 is 28.3 Å². The Kier molecular flexibility index (Phi) is 3.14. The highest BCUT2D eigenvalue weighted by Gasteiger charge is 2.36. The average Bonchev–Trinajstić information content (AvgIpc) is 3.39. The molecule has 2 aromatic rings. The first-order valence-electron chi connectivity index (χ1n) is 6.93. The average molecular weight is 308 g/mol. The zero-order valence-electron chi connectivity index (χ0n) is 11.2. The van der Waals surface area contributed by atoms with E-state index in [4.69, 9.17) is 0 Å². The zero-order chi connectivity index (χ0) is 13.5. The van der Waals surface area contributed by atoms with Gasteiger partial charge >= 0.3 is 0 Å².